The minimum atomic E-state index is -0.212. The molecule has 0 aromatic heterocycles. The number of carbonyl (C=O) groups excluding carboxylic acids is 1. The molecule has 0 fully saturated rings. The highest BCUT2D eigenvalue weighted by Gasteiger charge is 2.27. The van der Waals surface area contributed by atoms with Crippen molar-refractivity contribution < 1.29 is 14.4 Å². The van der Waals surface area contributed by atoms with E-state index >= 15 is 0 Å². The minimum Gasteiger partial charge on any atom is -0.493 e. The maximum atomic E-state index is 12.5. The molecule has 146 valence electrons. The predicted octanol–water partition coefficient (Wildman–Crippen LogP) is 3.60. The van der Waals surface area contributed by atoms with E-state index in [1.165, 1.54) is 5.56 Å². The van der Waals surface area contributed by atoms with E-state index in [0.717, 1.165) is 35.6 Å². The molecule has 1 amide bonds. The average Bonchev–Trinajstić information content (AvgIpc) is 3.35. The minimum absolute atomic E-state index is 0.0283. The van der Waals surface area contributed by atoms with Crippen molar-refractivity contribution in [3.8, 4) is 5.75 Å². The third-order valence-electron chi connectivity index (χ3n) is 5.44. The van der Waals surface area contributed by atoms with Crippen LogP contribution in [0.5, 0.6) is 5.75 Å². The summed E-state index contributed by atoms with van der Waals surface area (Å²) in [5.74, 6) is 0.994. The van der Waals surface area contributed by atoms with Gasteiger partial charge in [0.1, 0.15) is 11.9 Å². The van der Waals surface area contributed by atoms with Gasteiger partial charge in [0.05, 0.1) is 18.9 Å². The highest BCUT2D eigenvalue weighted by molar-refractivity contribution is 6.01. The Hall–Kier alpha value is -2.82. The standard InChI is InChI=1S/C23H26N2O3/c1-23(2,18-6-4-3-5-7-18)14-22(26)24-15-19-13-20(25-28-19)16-8-9-21-17(12-16)10-11-27-21/h3-9,12,19H,10-11,13-15H2,1-2H3,(H,24,26)/t19-/m1/s1. The third-order valence-corrected chi connectivity index (χ3v) is 5.44. The fourth-order valence-corrected chi connectivity index (χ4v) is 3.76. The van der Waals surface area contributed by atoms with E-state index in [0.29, 0.717) is 19.4 Å². The molecule has 0 bridgehead atoms. The van der Waals surface area contributed by atoms with Crippen molar-refractivity contribution >= 4 is 11.6 Å². The summed E-state index contributed by atoms with van der Waals surface area (Å²) in [6.07, 6.45) is 1.95. The first kappa shape index (κ1) is 18.5. The molecule has 2 aliphatic rings. The molecule has 0 radical (unpaired) electrons. The number of hydrogen-bond acceptors (Lipinski definition) is 4. The Kier molecular flexibility index (Phi) is 5.07. The van der Waals surface area contributed by atoms with Crippen molar-refractivity contribution in [3.05, 3.63) is 65.2 Å². The number of oxime groups is 1. The SMILES string of the molecule is CC(C)(CC(=O)NC[C@H]1CC(c2ccc3c(c2)CCO3)=NO1)c1ccccc1. The van der Waals surface area contributed by atoms with Crippen LogP contribution in [0.4, 0.5) is 0 Å². The number of amides is 1. The topological polar surface area (TPSA) is 59.9 Å². The molecular formula is C23H26N2O3. The van der Waals surface area contributed by atoms with E-state index in [-0.39, 0.29) is 17.4 Å². The molecule has 1 N–H and O–H groups in total. The van der Waals surface area contributed by atoms with Crippen LogP contribution in [-0.2, 0) is 21.5 Å². The summed E-state index contributed by atoms with van der Waals surface area (Å²) in [5, 5.41) is 7.24. The molecule has 2 aromatic rings. The van der Waals surface area contributed by atoms with Gasteiger partial charge in [-0.05, 0) is 40.3 Å². The molecular weight excluding hydrogens is 352 g/mol. The average molecular weight is 378 g/mol. The highest BCUT2D eigenvalue weighted by Crippen LogP contribution is 2.28. The van der Waals surface area contributed by atoms with E-state index < -0.39 is 0 Å². The van der Waals surface area contributed by atoms with Gasteiger partial charge in [0.15, 0.2) is 0 Å². The first-order chi connectivity index (χ1) is 13.5. The van der Waals surface area contributed by atoms with Gasteiger partial charge in [0.25, 0.3) is 0 Å². The molecule has 0 unspecified atom stereocenters. The Morgan fingerprint density at radius 1 is 1.21 bits per heavy atom. The normalized spacial score (nSPS) is 18.1. The van der Waals surface area contributed by atoms with Gasteiger partial charge in [-0.25, -0.2) is 0 Å². The van der Waals surface area contributed by atoms with Crippen molar-refractivity contribution in [1.82, 2.24) is 5.32 Å². The van der Waals surface area contributed by atoms with Gasteiger partial charge in [0, 0.05) is 19.3 Å². The Labute approximate surface area is 165 Å². The molecule has 2 heterocycles. The lowest BCUT2D eigenvalue weighted by atomic mass is 9.81. The number of hydrogen-bond donors (Lipinski definition) is 1. The number of fused-ring (bicyclic) bond motifs is 1. The van der Waals surface area contributed by atoms with Gasteiger partial charge < -0.3 is 14.9 Å². The van der Waals surface area contributed by atoms with Crippen LogP contribution in [0.2, 0.25) is 0 Å². The molecule has 28 heavy (non-hydrogen) atoms. The van der Waals surface area contributed by atoms with Crippen molar-refractivity contribution in [2.75, 3.05) is 13.2 Å². The quantitative estimate of drug-likeness (QED) is 0.836. The zero-order chi connectivity index (χ0) is 19.6. The Bertz CT molecular complexity index is 890. The monoisotopic (exact) mass is 378 g/mol. The number of carbonyl (C=O) groups is 1. The maximum absolute atomic E-state index is 12.5. The molecule has 2 aromatic carbocycles. The summed E-state index contributed by atoms with van der Waals surface area (Å²) in [7, 11) is 0. The second kappa shape index (κ2) is 7.66. The maximum Gasteiger partial charge on any atom is 0.221 e. The zero-order valence-electron chi connectivity index (χ0n) is 16.4. The Morgan fingerprint density at radius 2 is 2.04 bits per heavy atom. The van der Waals surface area contributed by atoms with E-state index in [2.05, 4.69) is 42.5 Å². The summed E-state index contributed by atoms with van der Waals surface area (Å²) in [4.78, 5) is 18.0. The Morgan fingerprint density at radius 3 is 2.86 bits per heavy atom. The molecule has 5 nitrogen and oxygen atoms in total. The lowest BCUT2D eigenvalue weighted by Gasteiger charge is -2.24. The van der Waals surface area contributed by atoms with Crippen LogP contribution in [0.3, 0.4) is 0 Å². The van der Waals surface area contributed by atoms with E-state index in [1.807, 2.05) is 30.3 Å². The van der Waals surface area contributed by atoms with Gasteiger partial charge in [-0.1, -0.05) is 49.3 Å². The number of rotatable bonds is 6. The molecule has 0 spiro atoms. The molecule has 2 aliphatic heterocycles. The first-order valence-corrected chi connectivity index (χ1v) is 9.82. The number of nitrogens with one attached hydrogen (secondary N) is 1. The first-order valence-electron chi connectivity index (χ1n) is 9.82. The Balaban J connectivity index is 1.28. The molecule has 4 rings (SSSR count). The number of nitrogens with zero attached hydrogens (tertiary/aromatic N) is 1. The van der Waals surface area contributed by atoms with Gasteiger partial charge >= 0.3 is 0 Å². The van der Waals surface area contributed by atoms with Crippen molar-refractivity contribution in [2.24, 2.45) is 5.16 Å². The summed E-state index contributed by atoms with van der Waals surface area (Å²) >= 11 is 0. The van der Waals surface area contributed by atoms with Gasteiger partial charge in [0.2, 0.25) is 5.91 Å². The molecule has 0 saturated heterocycles. The van der Waals surface area contributed by atoms with Crippen LogP contribution in [0, 0.1) is 0 Å². The highest BCUT2D eigenvalue weighted by atomic mass is 16.6. The molecule has 0 aliphatic carbocycles. The lowest BCUT2D eigenvalue weighted by molar-refractivity contribution is -0.122. The van der Waals surface area contributed by atoms with Crippen LogP contribution in [-0.4, -0.2) is 30.9 Å². The molecule has 1 atom stereocenters. The fraction of sp³-hybridized carbons (Fsp3) is 0.391. The van der Waals surface area contributed by atoms with E-state index in [4.69, 9.17) is 9.57 Å². The van der Waals surface area contributed by atoms with Crippen LogP contribution in [0.1, 0.15) is 43.4 Å². The van der Waals surface area contributed by atoms with E-state index in [9.17, 15) is 4.79 Å². The van der Waals surface area contributed by atoms with Gasteiger partial charge in [-0.3, -0.25) is 4.79 Å². The predicted molar refractivity (Wildman–Crippen MR) is 109 cm³/mol. The van der Waals surface area contributed by atoms with Gasteiger partial charge in [-0.2, -0.15) is 0 Å². The zero-order valence-corrected chi connectivity index (χ0v) is 16.4. The van der Waals surface area contributed by atoms with Crippen LogP contribution in [0.15, 0.2) is 53.7 Å². The van der Waals surface area contributed by atoms with Crippen LogP contribution >= 0.6 is 0 Å². The van der Waals surface area contributed by atoms with Gasteiger partial charge in [-0.15, -0.1) is 0 Å². The van der Waals surface area contributed by atoms with Crippen molar-refractivity contribution in [2.45, 2.75) is 44.6 Å². The van der Waals surface area contributed by atoms with Crippen LogP contribution < -0.4 is 10.1 Å². The van der Waals surface area contributed by atoms with E-state index in [1.54, 1.807) is 0 Å². The second-order valence-electron chi connectivity index (χ2n) is 8.12. The second-order valence-corrected chi connectivity index (χ2v) is 8.12. The summed E-state index contributed by atoms with van der Waals surface area (Å²) in [6.45, 7) is 5.39. The number of benzene rings is 2. The largest absolute Gasteiger partial charge is 0.493 e. The summed E-state index contributed by atoms with van der Waals surface area (Å²) < 4.78 is 5.56. The molecule has 0 saturated carbocycles. The lowest BCUT2D eigenvalue weighted by Crippen LogP contribution is -2.36. The fourth-order valence-electron chi connectivity index (χ4n) is 3.76. The molecule has 5 heteroatoms. The summed E-state index contributed by atoms with van der Waals surface area (Å²) in [6, 6.07) is 16.3. The van der Waals surface area contributed by atoms with Crippen LogP contribution in [0.25, 0.3) is 0 Å². The van der Waals surface area contributed by atoms with Crippen molar-refractivity contribution in [3.63, 3.8) is 0 Å². The third kappa shape index (κ3) is 4.03. The van der Waals surface area contributed by atoms with Crippen molar-refractivity contribution in [1.29, 1.82) is 0 Å². The number of ether oxygens (including phenoxy) is 1. The smallest absolute Gasteiger partial charge is 0.221 e. The summed E-state index contributed by atoms with van der Waals surface area (Å²) in [5.41, 5.74) is 4.17.